The molecule has 3 nitrogen and oxygen atoms in total. The van der Waals surface area contributed by atoms with Gasteiger partial charge in [0.05, 0.1) is 6.10 Å². The number of halogens is 1. The van der Waals surface area contributed by atoms with Crippen LogP contribution in [-0.4, -0.2) is 28.0 Å². The van der Waals surface area contributed by atoms with Crippen molar-refractivity contribution in [1.82, 2.24) is 0 Å². The highest BCUT2D eigenvalue weighted by Gasteiger charge is 2.19. The standard InChI is InChI=1S/C12H17ClO3/c1-7-5-9(6-8(2)11(7)13)12(16)10(15)3-4-14/h5-6,10,12,14-16H,3-4H2,1-2H3. The van der Waals surface area contributed by atoms with Crippen molar-refractivity contribution in [2.45, 2.75) is 32.5 Å². The van der Waals surface area contributed by atoms with E-state index in [2.05, 4.69) is 0 Å². The summed E-state index contributed by atoms with van der Waals surface area (Å²) in [5.41, 5.74) is 2.36. The van der Waals surface area contributed by atoms with Gasteiger partial charge in [0, 0.05) is 11.6 Å². The van der Waals surface area contributed by atoms with Crippen molar-refractivity contribution in [3.05, 3.63) is 33.8 Å². The highest BCUT2D eigenvalue weighted by Crippen LogP contribution is 2.27. The van der Waals surface area contributed by atoms with Gasteiger partial charge < -0.3 is 15.3 Å². The van der Waals surface area contributed by atoms with Crippen LogP contribution in [0.15, 0.2) is 12.1 Å². The number of hydrogen-bond donors (Lipinski definition) is 3. The van der Waals surface area contributed by atoms with Crippen LogP contribution in [0.2, 0.25) is 5.02 Å². The predicted molar refractivity (Wildman–Crippen MR) is 63.6 cm³/mol. The zero-order valence-corrected chi connectivity index (χ0v) is 10.2. The first-order valence-corrected chi connectivity index (χ1v) is 5.58. The van der Waals surface area contributed by atoms with E-state index in [0.717, 1.165) is 11.1 Å². The molecule has 0 aliphatic heterocycles. The first-order valence-electron chi connectivity index (χ1n) is 5.21. The molecule has 0 heterocycles. The molecule has 0 aliphatic carbocycles. The van der Waals surface area contributed by atoms with Crippen LogP contribution in [0.5, 0.6) is 0 Å². The molecule has 1 aromatic rings. The van der Waals surface area contributed by atoms with E-state index in [4.69, 9.17) is 16.7 Å². The molecule has 3 N–H and O–H groups in total. The van der Waals surface area contributed by atoms with Gasteiger partial charge in [0.15, 0.2) is 0 Å². The van der Waals surface area contributed by atoms with Crippen molar-refractivity contribution in [2.24, 2.45) is 0 Å². The summed E-state index contributed by atoms with van der Waals surface area (Å²) in [6.07, 6.45) is -1.78. The molecule has 0 amide bonds. The van der Waals surface area contributed by atoms with Crippen molar-refractivity contribution in [1.29, 1.82) is 0 Å². The van der Waals surface area contributed by atoms with Gasteiger partial charge >= 0.3 is 0 Å². The van der Waals surface area contributed by atoms with E-state index < -0.39 is 12.2 Å². The highest BCUT2D eigenvalue weighted by atomic mass is 35.5. The summed E-state index contributed by atoms with van der Waals surface area (Å²) in [5.74, 6) is 0. The Labute approximate surface area is 100 Å². The summed E-state index contributed by atoms with van der Waals surface area (Å²) in [6.45, 7) is 3.55. The smallest absolute Gasteiger partial charge is 0.105 e. The van der Waals surface area contributed by atoms with Gasteiger partial charge in [-0.25, -0.2) is 0 Å². The third-order valence-electron chi connectivity index (χ3n) is 2.59. The molecule has 1 aromatic carbocycles. The maximum Gasteiger partial charge on any atom is 0.105 e. The molecule has 0 bridgehead atoms. The lowest BCUT2D eigenvalue weighted by Gasteiger charge is -2.18. The second kappa shape index (κ2) is 5.64. The Bertz CT molecular complexity index is 342. The van der Waals surface area contributed by atoms with Gasteiger partial charge in [-0.3, -0.25) is 0 Å². The van der Waals surface area contributed by atoms with Crippen LogP contribution in [0.25, 0.3) is 0 Å². The summed E-state index contributed by atoms with van der Waals surface area (Å²) in [5, 5.41) is 28.8. The number of hydrogen-bond acceptors (Lipinski definition) is 3. The number of aryl methyl sites for hydroxylation is 2. The van der Waals surface area contributed by atoms with E-state index in [1.165, 1.54) is 0 Å². The van der Waals surface area contributed by atoms with E-state index in [1.807, 2.05) is 13.8 Å². The third kappa shape index (κ3) is 2.95. The van der Waals surface area contributed by atoms with Crippen molar-refractivity contribution in [3.8, 4) is 0 Å². The SMILES string of the molecule is Cc1cc(C(O)C(O)CCO)cc(C)c1Cl. The minimum atomic E-state index is -0.984. The highest BCUT2D eigenvalue weighted by molar-refractivity contribution is 6.32. The van der Waals surface area contributed by atoms with E-state index in [1.54, 1.807) is 12.1 Å². The maximum absolute atomic E-state index is 9.86. The lowest BCUT2D eigenvalue weighted by atomic mass is 9.98. The average Bonchev–Trinajstić information content (AvgIpc) is 2.24. The van der Waals surface area contributed by atoms with Crippen molar-refractivity contribution < 1.29 is 15.3 Å². The fourth-order valence-corrected chi connectivity index (χ4v) is 1.77. The summed E-state index contributed by atoms with van der Waals surface area (Å²) in [7, 11) is 0. The minimum absolute atomic E-state index is 0.149. The molecule has 2 atom stereocenters. The molecule has 0 saturated heterocycles. The van der Waals surface area contributed by atoms with Crippen LogP contribution in [0.1, 0.15) is 29.2 Å². The Morgan fingerprint density at radius 2 is 1.69 bits per heavy atom. The fraction of sp³-hybridized carbons (Fsp3) is 0.500. The van der Waals surface area contributed by atoms with Gasteiger partial charge in [0.2, 0.25) is 0 Å². The zero-order chi connectivity index (χ0) is 12.3. The molecular weight excluding hydrogens is 228 g/mol. The molecule has 90 valence electrons. The number of aliphatic hydroxyl groups excluding tert-OH is 3. The van der Waals surface area contributed by atoms with Gasteiger partial charge in [-0.1, -0.05) is 23.7 Å². The summed E-state index contributed by atoms with van der Waals surface area (Å²) in [6, 6.07) is 3.50. The second-order valence-electron chi connectivity index (χ2n) is 3.99. The monoisotopic (exact) mass is 244 g/mol. The fourth-order valence-electron chi connectivity index (χ4n) is 1.66. The largest absolute Gasteiger partial charge is 0.396 e. The van der Waals surface area contributed by atoms with Crippen LogP contribution in [0, 0.1) is 13.8 Å². The molecule has 0 radical (unpaired) electrons. The lowest BCUT2D eigenvalue weighted by Crippen LogP contribution is -2.19. The number of rotatable bonds is 4. The molecule has 0 aliphatic rings. The number of benzene rings is 1. The molecule has 1 rings (SSSR count). The topological polar surface area (TPSA) is 60.7 Å². The first kappa shape index (κ1) is 13.5. The van der Waals surface area contributed by atoms with Gasteiger partial charge in [0.1, 0.15) is 6.10 Å². The summed E-state index contributed by atoms with van der Waals surface area (Å²) < 4.78 is 0. The van der Waals surface area contributed by atoms with Crippen LogP contribution >= 0.6 is 11.6 Å². The Hall–Kier alpha value is -0.610. The second-order valence-corrected chi connectivity index (χ2v) is 4.37. The molecule has 0 fully saturated rings. The van der Waals surface area contributed by atoms with Crippen molar-refractivity contribution in [3.63, 3.8) is 0 Å². The van der Waals surface area contributed by atoms with Gasteiger partial charge in [-0.2, -0.15) is 0 Å². The lowest BCUT2D eigenvalue weighted by molar-refractivity contribution is 0.00417. The third-order valence-corrected chi connectivity index (χ3v) is 3.19. The Balaban J connectivity index is 2.96. The van der Waals surface area contributed by atoms with Crippen LogP contribution < -0.4 is 0 Å². The minimum Gasteiger partial charge on any atom is -0.396 e. The molecule has 4 heteroatoms. The van der Waals surface area contributed by atoms with Gasteiger partial charge in [0.25, 0.3) is 0 Å². The van der Waals surface area contributed by atoms with Crippen LogP contribution in [0.3, 0.4) is 0 Å². The summed E-state index contributed by atoms with van der Waals surface area (Å²) >= 11 is 6.01. The molecular formula is C12H17ClO3. The van der Waals surface area contributed by atoms with Crippen molar-refractivity contribution >= 4 is 11.6 Å². The Morgan fingerprint density at radius 3 is 2.12 bits per heavy atom. The van der Waals surface area contributed by atoms with E-state index in [9.17, 15) is 10.2 Å². The van der Waals surface area contributed by atoms with Crippen LogP contribution in [-0.2, 0) is 0 Å². The van der Waals surface area contributed by atoms with E-state index in [0.29, 0.717) is 10.6 Å². The van der Waals surface area contributed by atoms with Crippen LogP contribution in [0.4, 0.5) is 0 Å². The number of aliphatic hydroxyl groups is 3. The Morgan fingerprint density at radius 1 is 1.19 bits per heavy atom. The quantitative estimate of drug-likeness (QED) is 0.756. The van der Waals surface area contributed by atoms with Gasteiger partial charge in [-0.05, 0) is 37.0 Å². The first-order chi connectivity index (χ1) is 7.47. The molecule has 2 unspecified atom stereocenters. The van der Waals surface area contributed by atoms with E-state index >= 15 is 0 Å². The molecule has 0 spiro atoms. The normalized spacial score (nSPS) is 14.9. The predicted octanol–water partition coefficient (Wildman–Crippen LogP) is 1.73. The van der Waals surface area contributed by atoms with Gasteiger partial charge in [-0.15, -0.1) is 0 Å². The van der Waals surface area contributed by atoms with E-state index in [-0.39, 0.29) is 13.0 Å². The molecule has 0 saturated carbocycles. The summed E-state index contributed by atoms with van der Waals surface area (Å²) in [4.78, 5) is 0. The Kier molecular flexibility index (Phi) is 4.74. The molecule has 16 heavy (non-hydrogen) atoms. The van der Waals surface area contributed by atoms with Crippen molar-refractivity contribution in [2.75, 3.05) is 6.61 Å². The average molecular weight is 245 g/mol. The zero-order valence-electron chi connectivity index (χ0n) is 9.44. The maximum atomic E-state index is 9.86. The molecule has 0 aromatic heterocycles.